The normalized spacial score (nSPS) is 22.4. The van der Waals surface area contributed by atoms with E-state index in [1.54, 1.807) is 17.5 Å². The number of nitrogens with zero attached hydrogens (tertiary/aromatic N) is 1. The fourth-order valence-corrected chi connectivity index (χ4v) is 3.37. The van der Waals surface area contributed by atoms with E-state index in [2.05, 4.69) is 17.1 Å². The Bertz CT molecular complexity index is 550. The molecule has 1 aliphatic rings. The highest BCUT2D eigenvalue weighted by atomic mass is 32.1. The van der Waals surface area contributed by atoms with Gasteiger partial charge in [-0.2, -0.15) is 0 Å². The summed E-state index contributed by atoms with van der Waals surface area (Å²) in [6.45, 7) is 0. The molecular formula is C13H12N2OS. The molecule has 0 spiro atoms. The van der Waals surface area contributed by atoms with Crippen molar-refractivity contribution in [2.24, 2.45) is 11.7 Å². The Morgan fingerprint density at radius 1 is 1.41 bits per heavy atom. The van der Waals surface area contributed by atoms with Gasteiger partial charge < -0.3 is 5.73 Å². The number of nitrogens with two attached hydrogens (primary N) is 1. The molecule has 4 heteroatoms. The molecule has 3 rings (SSSR count). The van der Waals surface area contributed by atoms with Gasteiger partial charge in [-0.3, -0.25) is 4.79 Å². The maximum atomic E-state index is 11.6. The monoisotopic (exact) mass is 244 g/mol. The lowest BCUT2D eigenvalue weighted by atomic mass is 9.93. The molecule has 1 aromatic heterocycles. The van der Waals surface area contributed by atoms with Crippen LogP contribution in [0.4, 0.5) is 0 Å². The summed E-state index contributed by atoms with van der Waals surface area (Å²) >= 11 is 1.59. The van der Waals surface area contributed by atoms with Gasteiger partial charge in [0.15, 0.2) is 0 Å². The fourth-order valence-electron chi connectivity index (χ4n) is 2.55. The Hall–Kier alpha value is -1.68. The van der Waals surface area contributed by atoms with Crippen LogP contribution in [0.25, 0.3) is 0 Å². The molecule has 17 heavy (non-hydrogen) atoms. The van der Waals surface area contributed by atoms with E-state index in [9.17, 15) is 4.79 Å². The average molecular weight is 244 g/mol. The minimum Gasteiger partial charge on any atom is -0.369 e. The van der Waals surface area contributed by atoms with Gasteiger partial charge in [0, 0.05) is 17.5 Å². The largest absolute Gasteiger partial charge is 0.369 e. The predicted molar refractivity (Wildman–Crippen MR) is 66.8 cm³/mol. The van der Waals surface area contributed by atoms with Crippen LogP contribution in [0.2, 0.25) is 0 Å². The van der Waals surface area contributed by atoms with Crippen molar-refractivity contribution in [2.45, 2.75) is 12.3 Å². The third-order valence-electron chi connectivity index (χ3n) is 3.32. The van der Waals surface area contributed by atoms with E-state index in [0.29, 0.717) is 0 Å². The van der Waals surface area contributed by atoms with E-state index in [-0.39, 0.29) is 17.7 Å². The highest BCUT2D eigenvalue weighted by Crippen LogP contribution is 2.42. The number of hydrogen-bond acceptors (Lipinski definition) is 3. The van der Waals surface area contributed by atoms with Crippen molar-refractivity contribution in [3.63, 3.8) is 0 Å². The number of primary amides is 1. The molecule has 2 atom stereocenters. The van der Waals surface area contributed by atoms with Crippen molar-refractivity contribution < 1.29 is 4.79 Å². The van der Waals surface area contributed by atoms with Gasteiger partial charge in [-0.1, -0.05) is 24.3 Å². The quantitative estimate of drug-likeness (QED) is 0.877. The van der Waals surface area contributed by atoms with Crippen LogP contribution in [-0.2, 0) is 11.2 Å². The molecule has 1 heterocycles. The van der Waals surface area contributed by atoms with Crippen LogP contribution in [0.5, 0.6) is 0 Å². The zero-order valence-corrected chi connectivity index (χ0v) is 9.98. The number of rotatable bonds is 2. The molecule has 2 N–H and O–H groups in total. The van der Waals surface area contributed by atoms with Crippen LogP contribution in [0, 0.1) is 5.92 Å². The van der Waals surface area contributed by atoms with Crippen LogP contribution in [-0.4, -0.2) is 10.9 Å². The maximum absolute atomic E-state index is 11.6. The first-order valence-electron chi connectivity index (χ1n) is 5.54. The van der Waals surface area contributed by atoms with Crippen LogP contribution < -0.4 is 5.73 Å². The second-order valence-corrected chi connectivity index (χ2v) is 5.19. The van der Waals surface area contributed by atoms with Crippen LogP contribution >= 0.6 is 11.3 Å². The zero-order valence-electron chi connectivity index (χ0n) is 9.17. The number of fused-ring (bicyclic) bond motifs is 1. The van der Waals surface area contributed by atoms with Gasteiger partial charge in [0.05, 0.1) is 5.92 Å². The summed E-state index contributed by atoms with van der Waals surface area (Å²) < 4.78 is 0. The Morgan fingerprint density at radius 2 is 2.24 bits per heavy atom. The molecule has 3 nitrogen and oxygen atoms in total. The molecule has 0 radical (unpaired) electrons. The number of aromatic nitrogens is 1. The lowest BCUT2D eigenvalue weighted by Crippen LogP contribution is -2.27. The molecule has 86 valence electrons. The fraction of sp³-hybridized carbons (Fsp3) is 0.231. The van der Waals surface area contributed by atoms with Gasteiger partial charge in [0.25, 0.3) is 0 Å². The minimum absolute atomic E-state index is 0.0451. The molecule has 1 amide bonds. The Balaban J connectivity index is 2.11. The summed E-state index contributed by atoms with van der Waals surface area (Å²) in [5.74, 6) is -0.344. The van der Waals surface area contributed by atoms with E-state index in [1.807, 2.05) is 17.5 Å². The Labute approximate surface area is 103 Å². The summed E-state index contributed by atoms with van der Waals surface area (Å²) in [4.78, 5) is 15.9. The first kappa shape index (κ1) is 10.5. The number of hydrogen-bond donors (Lipinski definition) is 1. The highest BCUT2D eigenvalue weighted by Gasteiger charge is 2.38. The summed E-state index contributed by atoms with van der Waals surface area (Å²) in [7, 11) is 0. The van der Waals surface area contributed by atoms with Crippen LogP contribution in [0.1, 0.15) is 22.1 Å². The predicted octanol–water partition coefficient (Wildman–Crippen LogP) is 1.93. The van der Waals surface area contributed by atoms with Crippen molar-refractivity contribution >= 4 is 17.2 Å². The number of carbonyl (C=O) groups excluding carboxylic acids is 1. The second kappa shape index (κ2) is 3.96. The summed E-state index contributed by atoms with van der Waals surface area (Å²) in [6.07, 6.45) is 2.51. The second-order valence-electron chi connectivity index (χ2n) is 4.26. The molecule has 0 fully saturated rings. The van der Waals surface area contributed by atoms with Gasteiger partial charge in [-0.05, 0) is 17.5 Å². The van der Waals surface area contributed by atoms with Gasteiger partial charge in [0.1, 0.15) is 5.01 Å². The maximum Gasteiger partial charge on any atom is 0.221 e. The molecule has 0 bridgehead atoms. The van der Waals surface area contributed by atoms with E-state index in [0.717, 1.165) is 11.4 Å². The number of carbonyl (C=O) groups is 1. The highest BCUT2D eigenvalue weighted by molar-refractivity contribution is 7.09. The average Bonchev–Trinajstić information content (AvgIpc) is 2.94. The topological polar surface area (TPSA) is 56.0 Å². The third-order valence-corrected chi connectivity index (χ3v) is 4.17. The van der Waals surface area contributed by atoms with Gasteiger partial charge in [-0.25, -0.2) is 4.98 Å². The Kier molecular flexibility index (Phi) is 2.44. The van der Waals surface area contributed by atoms with Gasteiger partial charge in [0.2, 0.25) is 5.91 Å². The van der Waals surface area contributed by atoms with Crippen LogP contribution in [0.3, 0.4) is 0 Å². The first-order chi connectivity index (χ1) is 8.27. The van der Waals surface area contributed by atoms with E-state index in [4.69, 9.17) is 5.73 Å². The summed E-state index contributed by atoms with van der Waals surface area (Å²) in [5.41, 5.74) is 7.93. The van der Waals surface area contributed by atoms with E-state index in [1.165, 1.54) is 11.1 Å². The summed E-state index contributed by atoms with van der Waals surface area (Å²) in [5, 5.41) is 2.92. The lowest BCUT2D eigenvalue weighted by molar-refractivity contribution is -0.121. The lowest BCUT2D eigenvalue weighted by Gasteiger charge is -2.14. The van der Waals surface area contributed by atoms with Crippen molar-refractivity contribution in [3.05, 3.63) is 52.0 Å². The minimum atomic E-state index is -0.235. The molecule has 0 saturated heterocycles. The van der Waals surface area contributed by atoms with Crippen molar-refractivity contribution in [1.82, 2.24) is 4.98 Å². The SMILES string of the molecule is NC(=O)C1Cc2ccccc2C1c1nccs1. The molecule has 1 aliphatic carbocycles. The van der Waals surface area contributed by atoms with E-state index < -0.39 is 0 Å². The van der Waals surface area contributed by atoms with Gasteiger partial charge >= 0.3 is 0 Å². The molecule has 2 aromatic rings. The molecular weight excluding hydrogens is 232 g/mol. The zero-order chi connectivity index (χ0) is 11.8. The molecule has 1 aromatic carbocycles. The molecule has 2 unspecified atom stereocenters. The first-order valence-corrected chi connectivity index (χ1v) is 6.42. The molecule has 0 saturated carbocycles. The summed E-state index contributed by atoms with van der Waals surface area (Å²) in [6, 6.07) is 8.15. The van der Waals surface area contributed by atoms with Crippen molar-refractivity contribution in [3.8, 4) is 0 Å². The van der Waals surface area contributed by atoms with Crippen LogP contribution in [0.15, 0.2) is 35.8 Å². The van der Waals surface area contributed by atoms with E-state index >= 15 is 0 Å². The Morgan fingerprint density at radius 3 is 2.94 bits per heavy atom. The van der Waals surface area contributed by atoms with Crippen molar-refractivity contribution in [1.29, 1.82) is 0 Å². The number of benzene rings is 1. The molecule has 0 aliphatic heterocycles. The smallest absolute Gasteiger partial charge is 0.221 e. The standard InChI is InChI=1S/C13H12N2OS/c14-12(16)10-7-8-3-1-2-4-9(8)11(10)13-15-5-6-17-13/h1-6,10-11H,7H2,(H2,14,16). The third kappa shape index (κ3) is 1.65. The number of thiazole rings is 1. The number of amides is 1. The van der Waals surface area contributed by atoms with Gasteiger partial charge in [-0.15, -0.1) is 11.3 Å². The van der Waals surface area contributed by atoms with Crippen molar-refractivity contribution in [2.75, 3.05) is 0 Å².